The number of fused-ring (bicyclic) bond motifs is 5. The lowest BCUT2D eigenvalue weighted by Crippen LogP contribution is -2.58. The zero-order valence-corrected chi connectivity index (χ0v) is 68.0. The van der Waals surface area contributed by atoms with Gasteiger partial charge < -0.3 is 113 Å². The summed E-state index contributed by atoms with van der Waals surface area (Å²) in [7, 11) is 4.69. The number of ether oxygens (including phenoxy) is 5. The van der Waals surface area contributed by atoms with E-state index >= 15 is 0 Å². The number of aliphatic carboxylic acids is 5. The zero-order valence-electron chi connectivity index (χ0n) is 66.4. The highest BCUT2D eigenvalue weighted by Crippen LogP contribution is 2.43. The molecule has 3 aromatic carbocycles. The fraction of sp³-hybridized carbons (Fsp3) is 0.429. The number of hydrogen-bond acceptors (Lipinski definition) is 30. The lowest BCUT2D eigenvalue weighted by molar-refractivity contribution is -0.145. The Kier molecular flexibility index (Phi) is 33.0. The fourth-order valence-corrected chi connectivity index (χ4v) is 15.5. The number of carbonyl (C=O) groups excluding carboxylic acids is 9. The Morgan fingerprint density at radius 3 is 1.91 bits per heavy atom. The van der Waals surface area contributed by atoms with E-state index in [0.717, 1.165) is 32.1 Å². The molecule has 2 fully saturated rings. The lowest BCUT2D eigenvalue weighted by Gasteiger charge is -2.31. The number of nitrogens with one attached hydrogen (secondary N) is 9. The number of aromatic nitrogens is 4. The molecule has 46 heteroatoms. The summed E-state index contributed by atoms with van der Waals surface area (Å²) >= 11 is 0. The quantitative estimate of drug-likeness (QED) is 0.00861. The smallest absolute Gasteiger partial charge is 0.416 e. The van der Waals surface area contributed by atoms with Gasteiger partial charge in [0.2, 0.25) is 29.6 Å². The number of guanidine groups is 1. The molecule has 2 aromatic heterocycles. The number of aliphatic hydroxyl groups excluding tert-OH is 1. The van der Waals surface area contributed by atoms with Crippen molar-refractivity contribution in [2.75, 3.05) is 81.1 Å². The van der Waals surface area contributed by atoms with Crippen LogP contribution in [0.25, 0.3) is 11.2 Å². The van der Waals surface area contributed by atoms with Crippen molar-refractivity contribution in [3.63, 3.8) is 0 Å². The van der Waals surface area contributed by atoms with E-state index in [4.69, 9.17) is 40.6 Å². The van der Waals surface area contributed by atoms with E-state index in [1.54, 1.807) is 23.2 Å². The Bertz CT molecular complexity index is 5020. The number of H-pyrrole nitrogens is 1. The van der Waals surface area contributed by atoms with Crippen LogP contribution in [-0.4, -0.2) is 269 Å². The number of amides is 8. The van der Waals surface area contributed by atoms with Crippen LogP contribution in [0.15, 0.2) is 88.8 Å². The predicted octanol–water partition coefficient (Wildman–Crippen LogP) is 1.42. The molecule has 6 heterocycles. The normalized spacial score (nSPS) is 16.5. The van der Waals surface area contributed by atoms with Crippen molar-refractivity contribution in [1.82, 2.24) is 61.6 Å². The van der Waals surface area contributed by atoms with E-state index in [1.807, 2.05) is 0 Å². The molecule has 0 radical (unpaired) electrons. The summed E-state index contributed by atoms with van der Waals surface area (Å²) in [5.74, 6) is -18.1. The Morgan fingerprint density at radius 1 is 0.667 bits per heavy atom. The SMILES string of the molecule is C=C1C[C@H]2C=Nc3cc(OCCCCCOc4cc5c(cc4OC)C(=O)N4CC(=C)C[C@H]4[C@H](O)N5C(=O)OCCSSC[C@H](CC(=O)[C@H](CC(=O)O)NC(=O)[C@H](CC(=O)O)NC(=O)[C@H](CCCNC(=N)N)NC(=O)[C@H](CC(=O)O)NC(=O)CC[C@H](NC(=O)c4ccc(NCc5cnc6nc(N)[nH]c(=O)c6n5)cc4)C(=O)O)C(=O)O)c(OC)cc3C(=O)N2C1. The fourth-order valence-electron chi connectivity index (χ4n) is 13.4. The molecule has 658 valence electrons. The number of unbranched alkanes of at least 4 members (excludes halogenated alkanes) is 2. The number of ketones is 1. The maximum absolute atomic E-state index is 14.3. The van der Waals surface area contributed by atoms with Gasteiger partial charge in [-0.2, -0.15) is 4.98 Å². The number of rotatable bonds is 46. The first kappa shape index (κ1) is 93.2. The summed E-state index contributed by atoms with van der Waals surface area (Å²) in [6.07, 6.45) is -3.81. The highest BCUT2D eigenvalue weighted by Gasteiger charge is 2.47. The number of aromatic amines is 1. The molecule has 9 atom stereocenters. The summed E-state index contributed by atoms with van der Waals surface area (Å²) in [4.78, 5) is 222. The van der Waals surface area contributed by atoms with Crippen LogP contribution in [-0.2, 0) is 59.2 Å². The first-order chi connectivity index (χ1) is 58.6. The maximum atomic E-state index is 14.3. The van der Waals surface area contributed by atoms with Gasteiger partial charge >= 0.3 is 35.9 Å². The number of benzene rings is 3. The molecule has 5 aromatic rings. The third kappa shape index (κ3) is 25.7. The Labute approximate surface area is 707 Å². The van der Waals surface area contributed by atoms with Gasteiger partial charge in [-0.05, 0) is 87.8 Å². The number of nitrogens with zero attached hydrogens (tertiary/aromatic N) is 7. The highest BCUT2D eigenvalue weighted by atomic mass is 33.1. The number of methoxy groups -OCH3 is 2. The van der Waals surface area contributed by atoms with Crippen LogP contribution < -0.4 is 78.1 Å². The van der Waals surface area contributed by atoms with Gasteiger partial charge in [0.1, 0.15) is 30.8 Å². The number of nitrogens with two attached hydrogens (primary N) is 2. The maximum Gasteiger partial charge on any atom is 0.416 e. The van der Waals surface area contributed by atoms with Crippen molar-refractivity contribution in [1.29, 1.82) is 5.41 Å². The molecule has 0 unspecified atom stereocenters. The van der Waals surface area contributed by atoms with Crippen molar-refractivity contribution < 1.29 is 121 Å². The van der Waals surface area contributed by atoms with Gasteiger partial charge in [0.25, 0.3) is 23.3 Å². The first-order valence-corrected chi connectivity index (χ1v) is 40.7. The first-order valence-electron chi connectivity index (χ1n) is 38.3. The number of Topliss-reactive ketones (excluding diaryl/α,β-unsaturated/α-hetero) is 1. The van der Waals surface area contributed by atoms with Crippen molar-refractivity contribution in [3.8, 4) is 23.0 Å². The third-order valence-corrected chi connectivity index (χ3v) is 22.0. The monoisotopic (exact) mass is 1750 g/mol. The second kappa shape index (κ2) is 43.5. The van der Waals surface area contributed by atoms with Gasteiger partial charge in [-0.3, -0.25) is 77.7 Å². The molecule has 0 aliphatic carbocycles. The summed E-state index contributed by atoms with van der Waals surface area (Å²) < 4.78 is 29.2. The highest BCUT2D eigenvalue weighted by molar-refractivity contribution is 8.76. The van der Waals surface area contributed by atoms with Crippen LogP contribution in [0.1, 0.15) is 120 Å². The number of carbonyl (C=O) groups is 14. The Morgan fingerprint density at radius 2 is 1.27 bits per heavy atom. The van der Waals surface area contributed by atoms with Crippen LogP contribution in [0.4, 0.5) is 27.8 Å². The summed E-state index contributed by atoms with van der Waals surface area (Å²) in [6.45, 7) is 8.44. The van der Waals surface area contributed by atoms with Crippen molar-refractivity contribution in [2.24, 2.45) is 16.6 Å². The third-order valence-electron chi connectivity index (χ3n) is 19.5. The molecule has 44 nitrogen and oxygen atoms in total. The van der Waals surface area contributed by atoms with Gasteiger partial charge in [-0.15, -0.1) is 0 Å². The van der Waals surface area contributed by atoms with E-state index in [-0.39, 0.29) is 121 Å². The minimum atomic E-state index is -2.19. The van der Waals surface area contributed by atoms with Gasteiger partial charge in [-0.1, -0.05) is 45.9 Å². The number of hydrogen-bond donors (Lipinski definition) is 17. The molecule has 4 aliphatic heterocycles. The van der Waals surface area contributed by atoms with Crippen molar-refractivity contribution in [3.05, 3.63) is 112 Å². The van der Waals surface area contributed by atoms with Gasteiger partial charge in [0, 0.05) is 73.6 Å². The van der Waals surface area contributed by atoms with Crippen molar-refractivity contribution in [2.45, 2.75) is 139 Å². The molecule has 2 saturated heterocycles. The molecule has 19 N–H and O–H groups in total. The lowest BCUT2D eigenvalue weighted by atomic mass is 9.97. The summed E-state index contributed by atoms with van der Waals surface area (Å²) in [5.41, 5.74) is 13.3. The van der Waals surface area contributed by atoms with E-state index in [9.17, 15) is 103 Å². The van der Waals surface area contributed by atoms with Gasteiger partial charge in [0.05, 0.1) is 112 Å². The minimum absolute atomic E-state index is 0.0251. The number of carboxylic acids is 5. The molecular weight excluding hydrogens is 1660 g/mol. The average molecular weight is 1750 g/mol. The second-order valence-electron chi connectivity index (χ2n) is 28.6. The number of carboxylic acid groups (broad SMARTS) is 5. The molecular formula is C77H92N18O26S2. The molecule has 8 amide bonds. The molecule has 9 rings (SSSR count). The average Bonchev–Trinajstić information content (AvgIpc) is 1.62. The topological polar surface area (TPSA) is 660 Å². The van der Waals surface area contributed by atoms with Crippen molar-refractivity contribution >= 4 is 151 Å². The van der Waals surface area contributed by atoms with E-state index in [0.29, 0.717) is 71.9 Å². The molecule has 0 spiro atoms. The van der Waals surface area contributed by atoms with E-state index < -0.39 is 182 Å². The Hall–Kier alpha value is -13.7. The Balaban J connectivity index is 0.761. The zero-order chi connectivity index (χ0) is 89.5. The van der Waals surface area contributed by atoms with Crippen LogP contribution in [0.2, 0.25) is 0 Å². The standard InChI is InChI=1S/C77H92N18O26S2/c1-37-21-43-33-83-48-26-57(55(117-3)24-44(48)70(109)93(43)34-37)119-17-6-5-7-18-120-58-30-52-45(25-56(58)118-4)71(110)94-35-38(2)22-53(94)72(111)95(52)77(116)121-19-20-122-123-36-40(73(112)113)23-54(96)49(27-60(98)99)89-68(107)51(29-62(102)103)90-66(105)46(9-8-16-81-75(78)79)87-67(106)50(28-61(100)101)86-59(97)15-14-47(74(114)115)88-65(104)39-10-12-41(13-11-39)82-31-42-32-84-64-63(85-42)69(108)92-76(80)91-64/h10-13,24-26,30,32-33,40,43,46-47,49-51,53,72,82,111H,1-2,5-9,14-23,27-29,31,34-36H2,3-4H3,(H,86,97)(H,87,106)(H,88,104)(H,89,107)(H,90,105)(H,98,99)(H,100,101)(H,102,103)(H,112,113)(H,114,115)(H4,78,79,81)(H3,80,84,91,92,108)/t40-,43-,46-,47-,49-,50-,51-,53-,72-/m0/s1. The van der Waals surface area contributed by atoms with Gasteiger partial charge in [-0.25, -0.2) is 24.5 Å². The molecule has 0 saturated carbocycles. The largest absolute Gasteiger partial charge is 0.493 e. The molecule has 123 heavy (non-hydrogen) atoms. The van der Waals surface area contributed by atoms with E-state index in [1.165, 1.54) is 61.7 Å². The molecule has 4 aliphatic rings. The number of nitrogen functional groups attached to an aromatic ring is 1. The van der Waals surface area contributed by atoms with Crippen LogP contribution in [0.3, 0.4) is 0 Å². The number of aliphatic imine (C=N–C) groups is 1. The second-order valence-corrected chi connectivity index (χ2v) is 31.2. The van der Waals surface area contributed by atoms with Gasteiger partial charge in [0.15, 0.2) is 52.1 Å². The summed E-state index contributed by atoms with van der Waals surface area (Å²) in [5, 5.41) is 85.6. The number of anilines is 3. The van der Waals surface area contributed by atoms with Crippen LogP contribution in [0.5, 0.6) is 23.0 Å². The molecule has 0 bridgehead atoms. The van der Waals surface area contributed by atoms with Crippen LogP contribution >= 0.6 is 21.6 Å². The van der Waals surface area contributed by atoms with E-state index in [2.05, 4.69) is 75.3 Å². The minimum Gasteiger partial charge on any atom is -0.493 e. The number of aliphatic hydroxyl groups is 1. The summed E-state index contributed by atoms with van der Waals surface area (Å²) in [6, 6.07) is 0.628. The van der Waals surface area contributed by atoms with Crippen LogP contribution in [0, 0.1) is 11.3 Å². The predicted molar refractivity (Wildman–Crippen MR) is 440 cm³/mol.